The third-order valence-corrected chi connectivity index (χ3v) is 3.25. The second-order valence-corrected chi connectivity index (χ2v) is 5.74. The maximum absolute atomic E-state index is 5.08. The predicted octanol–water partition coefficient (Wildman–Crippen LogP) is 1.58. The van der Waals surface area contributed by atoms with Crippen LogP contribution >= 0.6 is 0 Å². The van der Waals surface area contributed by atoms with Gasteiger partial charge < -0.3 is 14.7 Å². The molecule has 0 amide bonds. The monoisotopic (exact) mass is 265 g/mol. The van der Waals surface area contributed by atoms with Crippen molar-refractivity contribution < 1.29 is 4.52 Å². The van der Waals surface area contributed by atoms with E-state index in [9.17, 15) is 0 Å². The third-order valence-electron chi connectivity index (χ3n) is 3.25. The summed E-state index contributed by atoms with van der Waals surface area (Å²) in [6.07, 6.45) is 1.19. The van der Waals surface area contributed by atoms with E-state index in [-0.39, 0.29) is 0 Å². The van der Waals surface area contributed by atoms with Crippen molar-refractivity contribution in [2.24, 2.45) is 10.4 Å². The number of rotatable bonds is 3. The van der Waals surface area contributed by atoms with Crippen LogP contribution < -0.4 is 5.32 Å². The minimum atomic E-state index is 0.358. The Kier molecular flexibility index (Phi) is 4.07. The van der Waals surface area contributed by atoms with Crippen LogP contribution in [-0.4, -0.2) is 40.6 Å². The Hall–Kier alpha value is -1.59. The first kappa shape index (κ1) is 13.8. The molecule has 106 valence electrons. The lowest BCUT2D eigenvalue weighted by Gasteiger charge is -2.23. The number of aliphatic imine (C=N–C) groups is 1. The number of aromatic nitrogens is 2. The summed E-state index contributed by atoms with van der Waals surface area (Å²) >= 11 is 0. The van der Waals surface area contributed by atoms with E-state index < -0.39 is 0 Å². The highest BCUT2D eigenvalue weighted by Crippen LogP contribution is 2.28. The maximum Gasteiger partial charge on any atom is 0.248 e. The van der Waals surface area contributed by atoms with Crippen LogP contribution in [0.2, 0.25) is 0 Å². The summed E-state index contributed by atoms with van der Waals surface area (Å²) in [5.41, 5.74) is 0.358. The van der Waals surface area contributed by atoms with Crippen molar-refractivity contribution in [1.82, 2.24) is 20.4 Å². The van der Waals surface area contributed by atoms with Gasteiger partial charge in [0.2, 0.25) is 5.89 Å². The molecule has 0 atom stereocenters. The van der Waals surface area contributed by atoms with Crippen molar-refractivity contribution in [1.29, 1.82) is 0 Å². The second kappa shape index (κ2) is 5.59. The zero-order valence-corrected chi connectivity index (χ0v) is 12.2. The van der Waals surface area contributed by atoms with Gasteiger partial charge in [0.25, 0.3) is 0 Å². The smallest absolute Gasteiger partial charge is 0.248 e. The van der Waals surface area contributed by atoms with Gasteiger partial charge in [0.05, 0.1) is 0 Å². The van der Waals surface area contributed by atoms with Crippen molar-refractivity contribution >= 4 is 5.96 Å². The van der Waals surface area contributed by atoms with Gasteiger partial charge in [0.1, 0.15) is 6.54 Å². The second-order valence-electron chi connectivity index (χ2n) is 5.74. The number of nitrogens with zero attached hydrogens (tertiary/aromatic N) is 4. The van der Waals surface area contributed by atoms with Gasteiger partial charge >= 0.3 is 0 Å². The first-order valence-electron chi connectivity index (χ1n) is 6.82. The summed E-state index contributed by atoms with van der Waals surface area (Å²) in [6, 6.07) is 0. The van der Waals surface area contributed by atoms with Gasteiger partial charge in [-0.3, -0.25) is 0 Å². The molecule has 0 aliphatic carbocycles. The molecule has 2 rings (SSSR count). The van der Waals surface area contributed by atoms with Gasteiger partial charge in [-0.1, -0.05) is 19.0 Å². The van der Waals surface area contributed by atoms with Crippen LogP contribution in [0.3, 0.4) is 0 Å². The normalized spacial score (nSPS) is 18.9. The lowest BCUT2D eigenvalue weighted by molar-refractivity contribution is 0.365. The number of guanidine groups is 1. The van der Waals surface area contributed by atoms with Gasteiger partial charge in [-0.15, -0.1) is 0 Å². The highest BCUT2D eigenvalue weighted by atomic mass is 16.5. The first-order chi connectivity index (χ1) is 9.00. The summed E-state index contributed by atoms with van der Waals surface area (Å²) < 4.78 is 5.08. The van der Waals surface area contributed by atoms with Gasteiger partial charge in [0, 0.05) is 19.6 Å². The van der Waals surface area contributed by atoms with Gasteiger partial charge in [-0.2, -0.15) is 4.98 Å². The lowest BCUT2D eigenvalue weighted by atomic mass is 9.93. The Morgan fingerprint density at radius 3 is 2.84 bits per heavy atom. The molecule has 0 aromatic carbocycles. The molecule has 19 heavy (non-hydrogen) atoms. The predicted molar refractivity (Wildman–Crippen MR) is 73.8 cm³/mol. The summed E-state index contributed by atoms with van der Waals surface area (Å²) in [4.78, 5) is 11.0. The van der Waals surface area contributed by atoms with E-state index in [0.717, 1.165) is 25.6 Å². The van der Waals surface area contributed by atoms with Crippen LogP contribution in [-0.2, 0) is 6.54 Å². The van der Waals surface area contributed by atoms with Crippen LogP contribution in [0.15, 0.2) is 9.52 Å². The van der Waals surface area contributed by atoms with Crippen molar-refractivity contribution in [2.75, 3.05) is 19.6 Å². The van der Waals surface area contributed by atoms with Gasteiger partial charge in [-0.05, 0) is 25.7 Å². The summed E-state index contributed by atoms with van der Waals surface area (Å²) in [5, 5.41) is 7.10. The van der Waals surface area contributed by atoms with E-state index in [0.29, 0.717) is 23.7 Å². The molecule has 0 bridgehead atoms. The zero-order valence-electron chi connectivity index (χ0n) is 12.2. The molecule has 1 aromatic rings. The third kappa shape index (κ3) is 3.68. The Labute approximate surface area is 114 Å². The topological polar surface area (TPSA) is 66.5 Å². The van der Waals surface area contributed by atoms with Crippen molar-refractivity contribution in [2.45, 2.75) is 40.7 Å². The molecule has 0 saturated carbocycles. The van der Waals surface area contributed by atoms with Crippen LogP contribution in [0.4, 0.5) is 0 Å². The quantitative estimate of drug-likeness (QED) is 0.664. The van der Waals surface area contributed by atoms with Crippen molar-refractivity contribution in [3.05, 3.63) is 11.7 Å². The SMILES string of the molecule is CCNC(=NCc1nc(C)no1)N1CCC(C)(C)C1. The molecular weight excluding hydrogens is 242 g/mol. The lowest BCUT2D eigenvalue weighted by Crippen LogP contribution is -2.40. The van der Waals surface area contributed by atoms with E-state index in [1.165, 1.54) is 6.42 Å². The minimum Gasteiger partial charge on any atom is -0.357 e. The number of nitrogens with one attached hydrogen (secondary N) is 1. The first-order valence-corrected chi connectivity index (χ1v) is 6.82. The van der Waals surface area contributed by atoms with Crippen molar-refractivity contribution in [3.8, 4) is 0 Å². The molecule has 1 saturated heterocycles. The molecule has 0 radical (unpaired) electrons. The zero-order chi connectivity index (χ0) is 13.9. The fraction of sp³-hybridized carbons (Fsp3) is 0.769. The number of hydrogen-bond acceptors (Lipinski definition) is 4. The summed E-state index contributed by atoms with van der Waals surface area (Å²) in [5.74, 6) is 2.15. The highest BCUT2D eigenvalue weighted by Gasteiger charge is 2.30. The van der Waals surface area contributed by atoms with E-state index in [2.05, 4.69) is 46.1 Å². The maximum atomic E-state index is 5.08. The van der Waals surface area contributed by atoms with Crippen LogP contribution in [0.1, 0.15) is 38.9 Å². The minimum absolute atomic E-state index is 0.358. The molecule has 1 aliphatic rings. The molecule has 1 aliphatic heterocycles. The molecule has 6 heteroatoms. The van der Waals surface area contributed by atoms with Gasteiger partial charge in [0.15, 0.2) is 11.8 Å². The average molecular weight is 265 g/mol. The standard InChI is InChI=1S/C13H23N5O/c1-5-14-12(18-7-6-13(3,4)9-18)15-8-11-16-10(2)17-19-11/h5-9H2,1-4H3,(H,14,15). The molecular formula is C13H23N5O. The molecule has 1 fully saturated rings. The van der Waals surface area contributed by atoms with E-state index in [1.54, 1.807) is 0 Å². The van der Waals surface area contributed by atoms with Crippen LogP contribution in [0.25, 0.3) is 0 Å². The number of likely N-dealkylation sites (tertiary alicyclic amines) is 1. The van der Waals surface area contributed by atoms with Crippen LogP contribution in [0, 0.1) is 12.3 Å². The van der Waals surface area contributed by atoms with E-state index in [1.807, 2.05) is 6.92 Å². The molecule has 2 heterocycles. The largest absolute Gasteiger partial charge is 0.357 e. The average Bonchev–Trinajstić information content (AvgIpc) is 2.91. The Morgan fingerprint density at radius 2 is 2.32 bits per heavy atom. The fourth-order valence-corrected chi connectivity index (χ4v) is 2.27. The summed E-state index contributed by atoms with van der Waals surface area (Å²) in [6.45, 7) is 11.8. The van der Waals surface area contributed by atoms with E-state index >= 15 is 0 Å². The van der Waals surface area contributed by atoms with Crippen LogP contribution in [0.5, 0.6) is 0 Å². The van der Waals surface area contributed by atoms with E-state index in [4.69, 9.17) is 4.52 Å². The Morgan fingerprint density at radius 1 is 1.53 bits per heavy atom. The molecule has 1 aromatic heterocycles. The molecule has 6 nitrogen and oxygen atoms in total. The Balaban J connectivity index is 2.03. The summed E-state index contributed by atoms with van der Waals surface area (Å²) in [7, 11) is 0. The fourth-order valence-electron chi connectivity index (χ4n) is 2.27. The Bertz CT molecular complexity index is 452. The number of hydrogen-bond donors (Lipinski definition) is 1. The molecule has 1 N–H and O–H groups in total. The highest BCUT2D eigenvalue weighted by molar-refractivity contribution is 5.80. The van der Waals surface area contributed by atoms with Crippen molar-refractivity contribution in [3.63, 3.8) is 0 Å². The van der Waals surface area contributed by atoms with Gasteiger partial charge in [-0.25, -0.2) is 4.99 Å². The molecule has 0 unspecified atom stereocenters. The molecule has 0 spiro atoms. The number of aryl methyl sites for hydroxylation is 1.